The third-order valence-corrected chi connectivity index (χ3v) is 4.17. The molecule has 2 N–H and O–H groups in total. The van der Waals surface area contributed by atoms with Crippen molar-refractivity contribution in [1.29, 1.82) is 0 Å². The van der Waals surface area contributed by atoms with Crippen molar-refractivity contribution < 1.29 is 32.6 Å². The van der Waals surface area contributed by atoms with Crippen molar-refractivity contribution in [2.45, 2.75) is 32.6 Å². The zero-order valence-corrected chi connectivity index (χ0v) is 16.8. The van der Waals surface area contributed by atoms with Crippen molar-refractivity contribution >= 4 is 35.1 Å². The Balaban J connectivity index is 1.94. The molecule has 1 unspecified atom stereocenters. The van der Waals surface area contributed by atoms with Crippen LogP contribution in [0.1, 0.15) is 24.2 Å². The lowest BCUT2D eigenvalue weighted by atomic mass is 10.2. The van der Waals surface area contributed by atoms with Gasteiger partial charge < -0.3 is 20.1 Å². The number of anilines is 1. The molecule has 0 aliphatic carbocycles. The van der Waals surface area contributed by atoms with Crippen LogP contribution < -0.4 is 15.4 Å². The normalized spacial score (nSPS) is 12.6. The number of nitrogens with one attached hydrogen (secondary N) is 2. The number of halogens is 3. The molecule has 0 saturated heterocycles. The Bertz CT molecular complexity index is 926. The van der Waals surface area contributed by atoms with E-state index in [1.807, 2.05) is 0 Å². The number of carbonyl (C=O) groups excluding carboxylic acids is 3. The van der Waals surface area contributed by atoms with Gasteiger partial charge >= 0.3 is 12.6 Å². The SMILES string of the molecule is CC(OC(=O)[C@H](C)NC(=O)c1ccccc1Cl)C(=O)Nc1ccccc1OC(F)F. The van der Waals surface area contributed by atoms with Gasteiger partial charge in [0.1, 0.15) is 11.8 Å². The number of carbonyl (C=O) groups is 3. The molecular formula is C20H19ClF2N2O5. The molecule has 0 radical (unpaired) electrons. The minimum atomic E-state index is -3.07. The van der Waals surface area contributed by atoms with Gasteiger partial charge in [-0.2, -0.15) is 8.78 Å². The highest BCUT2D eigenvalue weighted by atomic mass is 35.5. The molecule has 2 atom stereocenters. The molecule has 0 aromatic heterocycles. The molecule has 2 aromatic rings. The topological polar surface area (TPSA) is 93.7 Å². The molecule has 0 spiro atoms. The fraction of sp³-hybridized carbons (Fsp3) is 0.250. The first kappa shape index (κ1) is 23.1. The Morgan fingerprint density at radius 2 is 1.63 bits per heavy atom. The number of rotatable bonds is 8. The Kier molecular flexibility index (Phi) is 8.11. The number of benzene rings is 2. The molecule has 0 fully saturated rings. The highest BCUT2D eigenvalue weighted by Crippen LogP contribution is 2.25. The lowest BCUT2D eigenvalue weighted by Gasteiger charge is -2.18. The van der Waals surface area contributed by atoms with E-state index in [0.717, 1.165) is 0 Å². The molecule has 30 heavy (non-hydrogen) atoms. The molecule has 0 aliphatic heterocycles. The summed E-state index contributed by atoms with van der Waals surface area (Å²) in [5.74, 6) is -2.45. The van der Waals surface area contributed by atoms with E-state index in [9.17, 15) is 23.2 Å². The number of ether oxygens (including phenoxy) is 2. The van der Waals surface area contributed by atoms with Crippen LogP contribution in [0.15, 0.2) is 48.5 Å². The Labute approximate surface area is 176 Å². The smallest absolute Gasteiger partial charge is 0.387 e. The van der Waals surface area contributed by atoms with Crippen molar-refractivity contribution in [3.63, 3.8) is 0 Å². The Hall–Kier alpha value is -3.20. The van der Waals surface area contributed by atoms with E-state index in [1.165, 1.54) is 50.2 Å². The first-order valence-corrected chi connectivity index (χ1v) is 9.17. The number of para-hydroxylation sites is 2. The minimum absolute atomic E-state index is 0.00855. The second-order valence-electron chi connectivity index (χ2n) is 6.12. The molecule has 0 saturated carbocycles. The van der Waals surface area contributed by atoms with Gasteiger partial charge in [-0.15, -0.1) is 0 Å². The third kappa shape index (κ3) is 6.41. The van der Waals surface area contributed by atoms with Crippen LogP contribution in [0.4, 0.5) is 14.5 Å². The summed E-state index contributed by atoms with van der Waals surface area (Å²) < 4.78 is 34.3. The van der Waals surface area contributed by atoms with Gasteiger partial charge in [-0.05, 0) is 38.1 Å². The first-order chi connectivity index (χ1) is 14.2. The molecule has 0 bridgehead atoms. The van der Waals surface area contributed by atoms with E-state index in [1.54, 1.807) is 12.1 Å². The van der Waals surface area contributed by atoms with Crippen LogP contribution in [0.5, 0.6) is 5.75 Å². The molecule has 10 heteroatoms. The summed E-state index contributed by atoms with van der Waals surface area (Å²) in [6.07, 6.45) is -1.27. The standard InChI is InChI=1S/C20H19ClF2N2O5/c1-11(24-18(27)13-7-3-4-8-14(13)21)19(28)29-12(2)17(26)25-15-9-5-6-10-16(15)30-20(22)23/h3-12,20H,1-2H3,(H,24,27)(H,25,26)/t11-,12?/m0/s1. The van der Waals surface area contributed by atoms with Crippen molar-refractivity contribution in [3.8, 4) is 5.75 Å². The van der Waals surface area contributed by atoms with Gasteiger partial charge in [-0.1, -0.05) is 35.9 Å². The van der Waals surface area contributed by atoms with Crippen LogP contribution in [0.2, 0.25) is 5.02 Å². The maximum Gasteiger partial charge on any atom is 0.387 e. The zero-order chi connectivity index (χ0) is 22.3. The molecule has 7 nitrogen and oxygen atoms in total. The van der Waals surface area contributed by atoms with Crippen LogP contribution in [-0.2, 0) is 14.3 Å². The largest absolute Gasteiger partial charge is 0.451 e. The van der Waals surface area contributed by atoms with E-state index >= 15 is 0 Å². The van der Waals surface area contributed by atoms with Crippen LogP contribution in [0.3, 0.4) is 0 Å². The predicted octanol–water partition coefficient (Wildman–Crippen LogP) is 3.63. The number of alkyl halides is 2. The van der Waals surface area contributed by atoms with Crippen molar-refractivity contribution in [1.82, 2.24) is 5.32 Å². The van der Waals surface area contributed by atoms with Crippen molar-refractivity contribution in [2.24, 2.45) is 0 Å². The lowest BCUT2D eigenvalue weighted by molar-refractivity contribution is -0.154. The highest BCUT2D eigenvalue weighted by Gasteiger charge is 2.25. The maximum absolute atomic E-state index is 12.5. The number of hydrogen-bond donors (Lipinski definition) is 2. The number of hydrogen-bond acceptors (Lipinski definition) is 5. The van der Waals surface area contributed by atoms with Gasteiger partial charge in [0.25, 0.3) is 11.8 Å². The predicted molar refractivity (Wildman–Crippen MR) is 106 cm³/mol. The monoisotopic (exact) mass is 440 g/mol. The molecular weight excluding hydrogens is 422 g/mol. The fourth-order valence-electron chi connectivity index (χ4n) is 2.31. The Morgan fingerprint density at radius 1 is 1.00 bits per heavy atom. The summed E-state index contributed by atoms with van der Waals surface area (Å²) in [5.41, 5.74) is 0.172. The third-order valence-electron chi connectivity index (χ3n) is 3.84. The van der Waals surface area contributed by atoms with E-state index in [4.69, 9.17) is 16.3 Å². The summed E-state index contributed by atoms with van der Waals surface area (Å²) in [7, 11) is 0. The van der Waals surface area contributed by atoms with Crippen LogP contribution in [-0.4, -0.2) is 36.5 Å². The van der Waals surface area contributed by atoms with E-state index in [2.05, 4.69) is 15.4 Å². The van der Waals surface area contributed by atoms with Gasteiger partial charge in [0.2, 0.25) is 0 Å². The lowest BCUT2D eigenvalue weighted by Crippen LogP contribution is -2.42. The zero-order valence-electron chi connectivity index (χ0n) is 16.0. The summed E-state index contributed by atoms with van der Waals surface area (Å²) in [4.78, 5) is 36.7. The van der Waals surface area contributed by atoms with Crippen molar-refractivity contribution in [2.75, 3.05) is 5.32 Å². The highest BCUT2D eigenvalue weighted by molar-refractivity contribution is 6.33. The number of esters is 1. The Morgan fingerprint density at radius 3 is 2.30 bits per heavy atom. The fourth-order valence-corrected chi connectivity index (χ4v) is 2.53. The summed E-state index contributed by atoms with van der Waals surface area (Å²) in [6, 6.07) is 10.8. The summed E-state index contributed by atoms with van der Waals surface area (Å²) in [6.45, 7) is -0.388. The molecule has 0 aliphatic rings. The maximum atomic E-state index is 12.5. The first-order valence-electron chi connectivity index (χ1n) is 8.79. The summed E-state index contributed by atoms with van der Waals surface area (Å²) in [5, 5.41) is 5.00. The summed E-state index contributed by atoms with van der Waals surface area (Å²) >= 11 is 5.94. The van der Waals surface area contributed by atoms with Gasteiger partial charge in [0, 0.05) is 0 Å². The van der Waals surface area contributed by atoms with E-state index in [-0.39, 0.29) is 22.0 Å². The van der Waals surface area contributed by atoms with Crippen LogP contribution >= 0.6 is 11.6 Å². The molecule has 2 aromatic carbocycles. The van der Waals surface area contributed by atoms with E-state index in [0.29, 0.717) is 0 Å². The van der Waals surface area contributed by atoms with Gasteiger partial charge in [-0.25, -0.2) is 4.79 Å². The van der Waals surface area contributed by atoms with Crippen LogP contribution in [0, 0.1) is 0 Å². The van der Waals surface area contributed by atoms with Gasteiger partial charge in [0.05, 0.1) is 16.3 Å². The van der Waals surface area contributed by atoms with Gasteiger partial charge in [0.15, 0.2) is 6.10 Å². The van der Waals surface area contributed by atoms with Crippen molar-refractivity contribution in [3.05, 3.63) is 59.1 Å². The molecule has 0 heterocycles. The number of amides is 2. The van der Waals surface area contributed by atoms with Crippen LogP contribution in [0.25, 0.3) is 0 Å². The average molecular weight is 441 g/mol. The average Bonchev–Trinajstić information content (AvgIpc) is 2.69. The second kappa shape index (κ2) is 10.5. The van der Waals surface area contributed by atoms with E-state index < -0.39 is 36.5 Å². The molecule has 2 amide bonds. The quantitative estimate of drug-likeness (QED) is 0.611. The molecule has 2 rings (SSSR count). The van der Waals surface area contributed by atoms with Gasteiger partial charge in [-0.3, -0.25) is 9.59 Å². The molecule has 160 valence electrons. The second-order valence-corrected chi connectivity index (χ2v) is 6.53. The minimum Gasteiger partial charge on any atom is -0.451 e.